The van der Waals surface area contributed by atoms with Gasteiger partial charge >= 0.3 is 6.18 Å². The molecule has 94 valence electrons. The van der Waals surface area contributed by atoms with E-state index >= 15 is 0 Å². The molecule has 0 bridgehead atoms. The van der Waals surface area contributed by atoms with E-state index in [-0.39, 0.29) is 13.2 Å². The van der Waals surface area contributed by atoms with Crippen molar-refractivity contribution in [3.05, 3.63) is 0 Å². The van der Waals surface area contributed by atoms with Crippen molar-refractivity contribution in [2.75, 3.05) is 32.8 Å². The van der Waals surface area contributed by atoms with Gasteiger partial charge in [0.1, 0.15) is 12.6 Å². The molecule has 0 aromatic rings. The van der Waals surface area contributed by atoms with Crippen molar-refractivity contribution < 1.29 is 22.7 Å². The Bertz CT molecular complexity index is 239. The van der Waals surface area contributed by atoms with E-state index < -0.39 is 24.7 Å². The maximum absolute atomic E-state index is 12.2. The van der Waals surface area contributed by atoms with E-state index in [2.05, 4.69) is 5.32 Å². The number of hydrogen-bond donors (Lipinski definition) is 1. The van der Waals surface area contributed by atoms with Gasteiger partial charge in [-0.05, 0) is 6.92 Å². The molecule has 0 spiro atoms. The number of likely N-dealkylation sites (N-methyl/N-ethyl adjacent to an activating group) is 1. The van der Waals surface area contributed by atoms with Crippen molar-refractivity contribution in [3.63, 3.8) is 0 Å². The zero-order valence-electron chi connectivity index (χ0n) is 9.01. The zero-order chi connectivity index (χ0) is 12.2. The van der Waals surface area contributed by atoms with Crippen LogP contribution < -0.4 is 5.32 Å². The molecule has 1 N–H and O–H groups in total. The fourth-order valence-corrected chi connectivity index (χ4v) is 1.51. The van der Waals surface area contributed by atoms with Crippen LogP contribution in [0.25, 0.3) is 0 Å². The van der Waals surface area contributed by atoms with E-state index in [9.17, 15) is 18.0 Å². The number of alkyl halides is 3. The van der Waals surface area contributed by atoms with Crippen molar-refractivity contribution >= 4 is 5.91 Å². The highest BCUT2D eigenvalue weighted by Gasteiger charge is 2.35. The van der Waals surface area contributed by atoms with Crippen LogP contribution in [0.3, 0.4) is 0 Å². The predicted molar refractivity (Wildman–Crippen MR) is 50.9 cm³/mol. The Labute approximate surface area is 91.7 Å². The standard InChI is InChI=1S/C9H15F3N2O2/c1-2-14(6-9(10,11)12)8(15)7-5-16-4-3-13-7/h7,13H,2-6H2,1H3. The van der Waals surface area contributed by atoms with Crippen LogP contribution in [0.5, 0.6) is 0 Å². The number of hydrogen-bond acceptors (Lipinski definition) is 3. The molecule has 1 aliphatic heterocycles. The molecule has 1 rings (SSSR count). The van der Waals surface area contributed by atoms with Gasteiger partial charge < -0.3 is 15.0 Å². The highest BCUT2D eigenvalue weighted by atomic mass is 19.4. The molecule has 16 heavy (non-hydrogen) atoms. The van der Waals surface area contributed by atoms with E-state index in [1.807, 2.05) is 0 Å². The van der Waals surface area contributed by atoms with Crippen LogP contribution in [-0.2, 0) is 9.53 Å². The average Bonchev–Trinajstić information content (AvgIpc) is 2.25. The Balaban J connectivity index is 2.54. The first-order valence-corrected chi connectivity index (χ1v) is 5.10. The van der Waals surface area contributed by atoms with Crippen molar-refractivity contribution in [2.45, 2.75) is 19.1 Å². The number of carbonyl (C=O) groups excluding carboxylic acids is 1. The second-order valence-electron chi connectivity index (χ2n) is 3.55. The first kappa shape index (κ1) is 13.2. The van der Waals surface area contributed by atoms with Gasteiger partial charge in [0.25, 0.3) is 0 Å². The molecule has 0 aliphatic carbocycles. The van der Waals surface area contributed by atoms with Gasteiger partial charge in [0, 0.05) is 13.1 Å². The van der Waals surface area contributed by atoms with E-state index in [0.29, 0.717) is 13.2 Å². The first-order chi connectivity index (χ1) is 7.44. The maximum Gasteiger partial charge on any atom is 0.406 e. The molecule has 7 heteroatoms. The minimum Gasteiger partial charge on any atom is -0.378 e. The first-order valence-electron chi connectivity index (χ1n) is 5.10. The third kappa shape index (κ3) is 3.97. The van der Waals surface area contributed by atoms with Gasteiger partial charge in [0.05, 0.1) is 13.2 Å². The summed E-state index contributed by atoms with van der Waals surface area (Å²) in [6, 6.07) is -0.656. The molecule has 0 saturated carbocycles. The molecular formula is C9H15F3N2O2. The average molecular weight is 240 g/mol. The summed E-state index contributed by atoms with van der Waals surface area (Å²) in [6.07, 6.45) is -4.36. The van der Waals surface area contributed by atoms with Gasteiger partial charge in [-0.15, -0.1) is 0 Å². The molecule has 1 amide bonds. The van der Waals surface area contributed by atoms with Gasteiger partial charge in [-0.25, -0.2) is 0 Å². The second kappa shape index (κ2) is 5.49. The lowest BCUT2D eigenvalue weighted by Crippen LogP contribution is -2.54. The van der Waals surface area contributed by atoms with Crippen LogP contribution in [0.15, 0.2) is 0 Å². The lowest BCUT2D eigenvalue weighted by atomic mass is 10.2. The summed E-state index contributed by atoms with van der Waals surface area (Å²) in [6.45, 7) is 1.45. The van der Waals surface area contributed by atoms with Crippen LogP contribution in [0.4, 0.5) is 13.2 Å². The van der Waals surface area contributed by atoms with Crippen molar-refractivity contribution in [2.24, 2.45) is 0 Å². The van der Waals surface area contributed by atoms with E-state index in [0.717, 1.165) is 4.90 Å². The number of nitrogens with one attached hydrogen (secondary N) is 1. The van der Waals surface area contributed by atoms with Crippen LogP contribution in [0.1, 0.15) is 6.92 Å². The third-order valence-electron chi connectivity index (χ3n) is 2.28. The summed E-state index contributed by atoms with van der Waals surface area (Å²) in [5, 5.41) is 2.84. The number of ether oxygens (including phenoxy) is 1. The second-order valence-corrected chi connectivity index (χ2v) is 3.55. The SMILES string of the molecule is CCN(CC(F)(F)F)C(=O)C1COCCN1. The molecule has 0 radical (unpaired) electrons. The quantitative estimate of drug-likeness (QED) is 0.775. The smallest absolute Gasteiger partial charge is 0.378 e. The zero-order valence-corrected chi connectivity index (χ0v) is 9.01. The van der Waals surface area contributed by atoms with Gasteiger partial charge in [-0.3, -0.25) is 4.79 Å². The number of halogens is 3. The van der Waals surface area contributed by atoms with Crippen LogP contribution in [0, 0.1) is 0 Å². The van der Waals surface area contributed by atoms with Crippen LogP contribution >= 0.6 is 0 Å². The fourth-order valence-electron chi connectivity index (χ4n) is 1.51. The maximum atomic E-state index is 12.2. The molecule has 1 saturated heterocycles. The van der Waals surface area contributed by atoms with Crippen molar-refractivity contribution in [1.82, 2.24) is 10.2 Å². The number of amides is 1. The number of nitrogens with zero attached hydrogens (tertiary/aromatic N) is 1. The molecule has 0 aromatic heterocycles. The molecule has 1 heterocycles. The molecule has 1 fully saturated rings. The normalized spacial score (nSPS) is 21.9. The lowest BCUT2D eigenvalue weighted by molar-refractivity contribution is -0.163. The molecule has 1 unspecified atom stereocenters. The molecule has 1 atom stereocenters. The Kier molecular flexibility index (Phi) is 4.55. The minimum absolute atomic E-state index is 0.0382. The Hall–Kier alpha value is -0.820. The highest BCUT2D eigenvalue weighted by Crippen LogP contribution is 2.17. The molecule has 0 aromatic carbocycles. The van der Waals surface area contributed by atoms with Gasteiger partial charge in [0.15, 0.2) is 0 Å². The van der Waals surface area contributed by atoms with Gasteiger partial charge in [-0.1, -0.05) is 0 Å². The largest absolute Gasteiger partial charge is 0.406 e. The Morgan fingerprint density at radius 3 is 2.69 bits per heavy atom. The van der Waals surface area contributed by atoms with Gasteiger partial charge in [-0.2, -0.15) is 13.2 Å². The van der Waals surface area contributed by atoms with E-state index in [1.54, 1.807) is 0 Å². The molecular weight excluding hydrogens is 225 g/mol. The summed E-state index contributed by atoms with van der Waals surface area (Å²) in [5.74, 6) is -0.556. The van der Waals surface area contributed by atoms with Gasteiger partial charge in [0.2, 0.25) is 5.91 Å². The fraction of sp³-hybridized carbons (Fsp3) is 0.889. The molecule has 4 nitrogen and oxygen atoms in total. The van der Waals surface area contributed by atoms with Crippen molar-refractivity contribution in [3.8, 4) is 0 Å². The summed E-state index contributed by atoms with van der Waals surface area (Å²) in [7, 11) is 0. The van der Waals surface area contributed by atoms with E-state index in [4.69, 9.17) is 4.74 Å². The van der Waals surface area contributed by atoms with Crippen molar-refractivity contribution in [1.29, 1.82) is 0 Å². The predicted octanol–water partition coefficient (Wildman–Crippen LogP) is 0.386. The Morgan fingerprint density at radius 1 is 1.56 bits per heavy atom. The number of rotatable bonds is 3. The van der Waals surface area contributed by atoms with Crippen LogP contribution in [-0.4, -0.2) is 55.9 Å². The topological polar surface area (TPSA) is 41.6 Å². The summed E-state index contributed by atoms with van der Waals surface area (Å²) >= 11 is 0. The lowest BCUT2D eigenvalue weighted by Gasteiger charge is -2.29. The molecule has 1 aliphatic rings. The summed E-state index contributed by atoms with van der Waals surface area (Å²) in [4.78, 5) is 12.5. The minimum atomic E-state index is -4.36. The van der Waals surface area contributed by atoms with E-state index in [1.165, 1.54) is 6.92 Å². The summed E-state index contributed by atoms with van der Waals surface area (Å²) in [5.41, 5.74) is 0. The summed E-state index contributed by atoms with van der Waals surface area (Å²) < 4.78 is 41.6. The number of carbonyl (C=O) groups is 1. The monoisotopic (exact) mass is 240 g/mol. The van der Waals surface area contributed by atoms with Crippen LogP contribution in [0.2, 0.25) is 0 Å². The number of morpholine rings is 1. The third-order valence-corrected chi connectivity index (χ3v) is 2.28. The highest BCUT2D eigenvalue weighted by molar-refractivity contribution is 5.82. The Morgan fingerprint density at radius 2 is 2.25 bits per heavy atom.